The molecule has 5 fully saturated rings. The summed E-state index contributed by atoms with van der Waals surface area (Å²) in [4.78, 5) is 29.6. The van der Waals surface area contributed by atoms with Gasteiger partial charge in [0.1, 0.15) is 6.17 Å². The van der Waals surface area contributed by atoms with E-state index in [4.69, 9.17) is 0 Å². The van der Waals surface area contributed by atoms with Gasteiger partial charge in [0.2, 0.25) is 11.8 Å². The molecule has 0 aromatic carbocycles. The number of hydrogen-bond donors (Lipinski definition) is 2. The molecule has 0 aromatic heterocycles. The Bertz CT molecular complexity index is 658. The van der Waals surface area contributed by atoms with Gasteiger partial charge in [0, 0.05) is 56.1 Å². The lowest BCUT2D eigenvalue weighted by Gasteiger charge is -2.44. The number of rotatable bonds is 3. The number of carbonyl (C=O) groups excluding carboxylic acids is 2. The summed E-state index contributed by atoms with van der Waals surface area (Å²) in [6.07, 6.45) is 7.46. The van der Waals surface area contributed by atoms with Gasteiger partial charge in [-0.05, 0) is 57.3 Å². The van der Waals surface area contributed by atoms with Crippen LogP contribution in [0.2, 0.25) is 0 Å². The average Bonchev–Trinajstić information content (AvgIpc) is 3.36. The number of fused-ring (bicyclic) bond motifs is 2. The second kappa shape index (κ2) is 8.38. The van der Waals surface area contributed by atoms with E-state index in [0.717, 1.165) is 51.7 Å². The predicted octanol–water partition coefficient (Wildman–Crippen LogP) is 1.84. The van der Waals surface area contributed by atoms with Gasteiger partial charge in [-0.3, -0.25) is 14.5 Å². The first kappa shape index (κ1) is 20.7. The van der Waals surface area contributed by atoms with Crippen molar-refractivity contribution in [1.82, 2.24) is 20.4 Å². The Kier molecular flexibility index (Phi) is 5.78. The van der Waals surface area contributed by atoms with E-state index >= 15 is 0 Å². The number of nitrogens with zero attached hydrogens (tertiary/aromatic N) is 2. The number of hydrogen-bond acceptors (Lipinski definition) is 4. The van der Waals surface area contributed by atoms with E-state index in [1.165, 1.54) is 6.42 Å². The van der Waals surface area contributed by atoms with Crippen molar-refractivity contribution in [2.75, 3.05) is 19.6 Å². The fourth-order valence-electron chi connectivity index (χ4n) is 6.95. The monoisotopic (exact) mass is 420 g/mol. The van der Waals surface area contributed by atoms with Crippen LogP contribution in [0.5, 0.6) is 0 Å². The third kappa shape index (κ3) is 3.88. The smallest absolute Gasteiger partial charge is 0.237 e. The number of alkyl halides is 1. The van der Waals surface area contributed by atoms with Crippen LogP contribution in [0.1, 0.15) is 64.7 Å². The van der Waals surface area contributed by atoms with Gasteiger partial charge in [0.05, 0.1) is 6.04 Å². The highest BCUT2D eigenvalue weighted by Crippen LogP contribution is 2.38. The first-order valence-corrected chi connectivity index (χ1v) is 12.2. The number of amides is 2. The van der Waals surface area contributed by atoms with Crippen molar-refractivity contribution < 1.29 is 14.0 Å². The molecule has 6 nitrogen and oxygen atoms in total. The Hall–Kier alpha value is -1.21. The third-order valence-electron chi connectivity index (χ3n) is 8.69. The fraction of sp³-hybridized carbons (Fsp3) is 0.913. The average molecular weight is 421 g/mol. The molecule has 30 heavy (non-hydrogen) atoms. The molecule has 7 heteroatoms. The van der Waals surface area contributed by atoms with Gasteiger partial charge >= 0.3 is 0 Å². The summed E-state index contributed by atoms with van der Waals surface area (Å²) in [5.74, 6) is 0.831. The molecule has 5 aliphatic rings. The summed E-state index contributed by atoms with van der Waals surface area (Å²) in [7, 11) is 0. The van der Waals surface area contributed by atoms with Crippen LogP contribution in [0.4, 0.5) is 4.39 Å². The maximum absolute atomic E-state index is 14.4. The molecule has 2 amide bonds. The molecule has 0 radical (unpaired) electrons. The largest absolute Gasteiger partial charge is 0.352 e. The molecule has 3 heterocycles. The fourth-order valence-corrected chi connectivity index (χ4v) is 6.95. The van der Waals surface area contributed by atoms with E-state index in [9.17, 15) is 14.0 Å². The minimum atomic E-state index is -0.767. The van der Waals surface area contributed by atoms with Gasteiger partial charge in [-0.15, -0.1) is 0 Å². The van der Waals surface area contributed by atoms with E-state index in [2.05, 4.69) is 27.4 Å². The first-order chi connectivity index (χ1) is 14.5. The summed E-state index contributed by atoms with van der Waals surface area (Å²) in [5.41, 5.74) is 0. The highest BCUT2D eigenvalue weighted by atomic mass is 19.1. The summed E-state index contributed by atoms with van der Waals surface area (Å²) in [5, 5.41) is 6.77. The molecule has 3 aliphatic heterocycles. The molecular formula is C23H37FN4O2. The predicted molar refractivity (Wildman–Crippen MR) is 113 cm³/mol. The number of nitrogens with one attached hydrogen (secondary N) is 2. The van der Waals surface area contributed by atoms with Crippen LogP contribution in [-0.4, -0.2) is 77.6 Å². The molecule has 3 saturated heterocycles. The number of halogens is 1. The molecule has 6 unspecified atom stereocenters. The lowest BCUT2D eigenvalue weighted by Crippen LogP contribution is -2.57. The SMILES string of the molecule is CC1CCC(F)C2CC(C(=O)N[C@@H]3CCC[C@@H](N4CCN5C(=O)CCC5C4)C3)NC12. The highest BCUT2D eigenvalue weighted by Gasteiger charge is 2.46. The number of carbonyl (C=O) groups is 2. The van der Waals surface area contributed by atoms with Crippen LogP contribution < -0.4 is 10.6 Å². The van der Waals surface area contributed by atoms with Crippen LogP contribution in [0.3, 0.4) is 0 Å². The molecule has 2 aliphatic carbocycles. The molecule has 0 aromatic rings. The summed E-state index contributed by atoms with van der Waals surface area (Å²) < 4.78 is 14.4. The minimum Gasteiger partial charge on any atom is -0.352 e. The summed E-state index contributed by atoms with van der Waals surface area (Å²) in [6.45, 7) is 4.98. The molecule has 8 atom stereocenters. The van der Waals surface area contributed by atoms with Crippen LogP contribution in [0, 0.1) is 11.8 Å². The van der Waals surface area contributed by atoms with E-state index in [0.29, 0.717) is 43.2 Å². The van der Waals surface area contributed by atoms with Gasteiger partial charge in [0.25, 0.3) is 0 Å². The van der Waals surface area contributed by atoms with Gasteiger partial charge < -0.3 is 15.5 Å². The topological polar surface area (TPSA) is 64.7 Å². The molecule has 2 saturated carbocycles. The van der Waals surface area contributed by atoms with Crippen molar-refractivity contribution in [2.24, 2.45) is 11.8 Å². The maximum Gasteiger partial charge on any atom is 0.237 e. The molecule has 5 rings (SSSR count). The van der Waals surface area contributed by atoms with Crippen molar-refractivity contribution in [3.05, 3.63) is 0 Å². The Labute approximate surface area is 179 Å². The Morgan fingerprint density at radius 2 is 1.97 bits per heavy atom. The summed E-state index contributed by atoms with van der Waals surface area (Å²) in [6, 6.07) is 1.00. The van der Waals surface area contributed by atoms with Crippen molar-refractivity contribution in [3.8, 4) is 0 Å². The van der Waals surface area contributed by atoms with E-state index in [1.54, 1.807) is 0 Å². The van der Waals surface area contributed by atoms with Crippen LogP contribution in [0.25, 0.3) is 0 Å². The second-order valence-electron chi connectivity index (χ2n) is 10.5. The van der Waals surface area contributed by atoms with E-state index < -0.39 is 6.17 Å². The van der Waals surface area contributed by atoms with Crippen molar-refractivity contribution >= 4 is 11.8 Å². The normalized spacial score (nSPS) is 44.6. The van der Waals surface area contributed by atoms with Gasteiger partial charge in [-0.2, -0.15) is 0 Å². The van der Waals surface area contributed by atoms with Gasteiger partial charge in [-0.25, -0.2) is 4.39 Å². The minimum absolute atomic E-state index is 0.00554. The lowest BCUT2D eigenvalue weighted by molar-refractivity contribution is -0.131. The Balaban J connectivity index is 1.14. The molecule has 2 N–H and O–H groups in total. The molecule has 0 bridgehead atoms. The summed E-state index contributed by atoms with van der Waals surface area (Å²) >= 11 is 0. The Morgan fingerprint density at radius 1 is 1.10 bits per heavy atom. The zero-order valence-corrected chi connectivity index (χ0v) is 18.2. The quantitative estimate of drug-likeness (QED) is 0.731. The van der Waals surface area contributed by atoms with E-state index in [1.807, 2.05) is 0 Å². The zero-order valence-electron chi connectivity index (χ0n) is 18.2. The van der Waals surface area contributed by atoms with Crippen LogP contribution >= 0.6 is 0 Å². The second-order valence-corrected chi connectivity index (χ2v) is 10.5. The standard InChI is InChI=1S/C23H37FN4O2/c1-14-5-7-19(24)18-12-20(26-22(14)18)23(30)25-15-3-2-4-16(11-15)27-9-10-28-17(13-27)6-8-21(28)29/h14-20,22,26H,2-13H2,1H3,(H,25,30)/t14?,15-,16-,17?,18?,19?,20?,22?/m1/s1. The maximum atomic E-state index is 14.4. The lowest BCUT2D eigenvalue weighted by atomic mass is 9.77. The van der Waals surface area contributed by atoms with E-state index in [-0.39, 0.29) is 30.0 Å². The number of piperazine rings is 1. The zero-order chi connectivity index (χ0) is 20.8. The highest BCUT2D eigenvalue weighted by molar-refractivity contribution is 5.82. The van der Waals surface area contributed by atoms with Crippen LogP contribution in [0.15, 0.2) is 0 Å². The van der Waals surface area contributed by atoms with Gasteiger partial charge in [-0.1, -0.05) is 6.92 Å². The third-order valence-corrected chi connectivity index (χ3v) is 8.69. The Morgan fingerprint density at radius 3 is 2.80 bits per heavy atom. The van der Waals surface area contributed by atoms with Crippen molar-refractivity contribution in [1.29, 1.82) is 0 Å². The molecule has 168 valence electrons. The van der Waals surface area contributed by atoms with Crippen molar-refractivity contribution in [2.45, 2.75) is 101 Å². The molecule has 0 spiro atoms. The van der Waals surface area contributed by atoms with Gasteiger partial charge in [0.15, 0.2) is 0 Å². The van der Waals surface area contributed by atoms with Crippen molar-refractivity contribution in [3.63, 3.8) is 0 Å². The van der Waals surface area contributed by atoms with Crippen LogP contribution in [-0.2, 0) is 9.59 Å². The first-order valence-electron chi connectivity index (χ1n) is 12.2. The molecular weight excluding hydrogens is 383 g/mol.